The van der Waals surface area contributed by atoms with Crippen molar-refractivity contribution < 1.29 is 0 Å². The zero-order valence-electron chi connectivity index (χ0n) is 9.16. The number of halogens is 1. The van der Waals surface area contributed by atoms with Crippen LogP contribution in [-0.2, 0) is 13.0 Å². The first kappa shape index (κ1) is 11.7. The topological polar surface area (TPSA) is 12.0 Å². The fourth-order valence-electron chi connectivity index (χ4n) is 1.49. The van der Waals surface area contributed by atoms with Gasteiger partial charge in [0.25, 0.3) is 0 Å². The molecule has 1 nitrogen and oxygen atoms in total. The van der Waals surface area contributed by atoms with Crippen molar-refractivity contribution in [3.63, 3.8) is 0 Å². The molecular formula is C13H14BrNS. The third kappa shape index (κ3) is 2.86. The second-order valence-electron chi connectivity index (χ2n) is 3.55. The van der Waals surface area contributed by atoms with Crippen LogP contribution in [-0.4, -0.2) is 0 Å². The Kier molecular flexibility index (Phi) is 4.02. The van der Waals surface area contributed by atoms with Crippen molar-refractivity contribution in [1.82, 2.24) is 0 Å². The molecule has 0 fully saturated rings. The summed E-state index contributed by atoms with van der Waals surface area (Å²) in [6, 6.07) is 12.6. The Hall–Kier alpha value is -0.800. The Bertz CT molecular complexity index is 464. The van der Waals surface area contributed by atoms with E-state index in [0.29, 0.717) is 0 Å². The quantitative estimate of drug-likeness (QED) is 0.863. The first-order chi connectivity index (χ1) is 7.79. The van der Waals surface area contributed by atoms with E-state index in [9.17, 15) is 0 Å². The van der Waals surface area contributed by atoms with Gasteiger partial charge in [0.05, 0.1) is 0 Å². The molecule has 0 aliphatic carbocycles. The average molecular weight is 296 g/mol. The van der Waals surface area contributed by atoms with E-state index in [1.165, 1.54) is 9.75 Å². The molecule has 2 rings (SSSR count). The second-order valence-corrected chi connectivity index (χ2v) is 5.66. The number of para-hydroxylation sites is 1. The van der Waals surface area contributed by atoms with Crippen molar-refractivity contribution in [1.29, 1.82) is 0 Å². The molecule has 2 aromatic rings. The molecule has 0 bridgehead atoms. The first-order valence-electron chi connectivity index (χ1n) is 5.35. The molecular weight excluding hydrogens is 282 g/mol. The van der Waals surface area contributed by atoms with Gasteiger partial charge in [0.2, 0.25) is 0 Å². The molecule has 0 saturated heterocycles. The SMILES string of the molecule is CCc1ccc(CNc2ccccc2Br)s1. The van der Waals surface area contributed by atoms with Crippen molar-refractivity contribution in [2.75, 3.05) is 5.32 Å². The van der Waals surface area contributed by atoms with Crippen molar-refractivity contribution in [2.24, 2.45) is 0 Å². The normalized spacial score (nSPS) is 10.4. The van der Waals surface area contributed by atoms with Gasteiger partial charge in [-0.15, -0.1) is 11.3 Å². The summed E-state index contributed by atoms with van der Waals surface area (Å²) in [5.41, 5.74) is 1.15. The van der Waals surface area contributed by atoms with Gasteiger partial charge in [-0.2, -0.15) is 0 Å². The van der Waals surface area contributed by atoms with Gasteiger partial charge in [0.15, 0.2) is 0 Å². The highest BCUT2D eigenvalue weighted by molar-refractivity contribution is 9.10. The minimum atomic E-state index is 0.896. The zero-order chi connectivity index (χ0) is 11.4. The molecule has 1 heterocycles. The van der Waals surface area contributed by atoms with Crippen LogP contribution in [0.3, 0.4) is 0 Å². The summed E-state index contributed by atoms with van der Waals surface area (Å²) < 4.78 is 1.11. The summed E-state index contributed by atoms with van der Waals surface area (Å²) in [5, 5.41) is 3.43. The van der Waals surface area contributed by atoms with Crippen LogP contribution in [0, 0.1) is 0 Å². The van der Waals surface area contributed by atoms with Crippen LogP contribution in [0.5, 0.6) is 0 Å². The first-order valence-corrected chi connectivity index (χ1v) is 6.96. The van der Waals surface area contributed by atoms with Crippen LogP contribution in [0.1, 0.15) is 16.7 Å². The lowest BCUT2D eigenvalue weighted by atomic mass is 10.3. The number of hydrogen-bond donors (Lipinski definition) is 1. The minimum absolute atomic E-state index is 0.896. The molecule has 1 N–H and O–H groups in total. The van der Waals surface area contributed by atoms with E-state index in [-0.39, 0.29) is 0 Å². The molecule has 16 heavy (non-hydrogen) atoms. The molecule has 84 valence electrons. The Labute approximate surface area is 109 Å². The van der Waals surface area contributed by atoms with Gasteiger partial charge in [0, 0.05) is 26.5 Å². The summed E-state index contributed by atoms with van der Waals surface area (Å²) in [4.78, 5) is 2.83. The van der Waals surface area contributed by atoms with E-state index >= 15 is 0 Å². The van der Waals surface area contributed by atoms with Gasteiger partial charge in [-0.1, -0.05) is 19.1 Å². The Morgan fingerprint density at radius 1 is 1.12 bits per heavy atom. The molecule has 0 aliphatic rings. The summed E-state index contributed by atoms with van der Waals surface area (Å²) in [7, 11) is 0. The van der Waals surface area contributed by atoms with E-state index in [1.807, 2.05) is 29.5 Å². The third-order valence-corrected chi connectivity index (χ3v) is 4.31. The van der Waals surface area contributed by atoms with E-state index in [0.717, 1.165) is 23.1 Å². The van der Waals surface area contributed by atoms with Crippen molar-refractivity contribution >= 4 is 33.0 Å². The molecule has 0 atom stereocenters. The standard InChI is InChI=1S/C13H14BrNS/c1-2-10-7-8-11(16-10)9-15-13-6-4-3-5-12(13)14/h3-8,15H,2,9H2,1H3. The summed E-state index contributed by atoms with van der Waals surface area (Å²) in [6.45, 7) is 3.09. The van der Waals surface area contributed by atoms with Gasteiger partial charge in [-0.25, -0.2) is 0 Å². The van der Waals surface area contributed by atoms with E-state index < -0.39 is 0 Å². The maximum absolute atomic E-state index is 3.53. The average Bonchev–Trinajstić information content (AvgIpc) is 2.76. The van der Waals surface area contributed by atoms with Gasteiger partial charge in [-0.3, -0.25) is 0 Å². The molecule has 0 amide bonds. The monoisotopic (exact) mass is 295 g/mol. The van der Waals surface area contributed by atoms with Gasteiger partial charge in [0.1, 0.15) is 0 Å². The fraction of sp³-hybridized carbons (Fsp3) is 0.231. The van der Waals surface area contributed by atoms with Gasteiger partial charge >= 0.3 is 0 Å². The largest absolute Gasteiger partial charge is 0.379 e. The lowest BCUT2D eigenvalue weighted by Crippen LogP contribution is -1.97. The molecule has 1 aromatic carbocycles. The lowest BCUT2D eigenvalue weighted by Gasteiger charge is -2.06. The van der Waals surface area contributed by atoms with E-state index in [2.05, 4.69) is 46.4 Å². The van der Waals surface area contributed by atoms with Crippen molar-refractivity contribution in [2.45, 2.75) is 19.9 Å². The Balaban J connectivity index is 1.99. The van der Waals surface area contributed by atoms with Crippen LogP contribution in [0.2, 0.25) is 0 Å². The van der Waals surface area contributed by atoms with E-state index in [4.69, 9.17) is 0 Å². The van der Waals surface area contributed by atoms with Crippen LogP contribution >= 0.6 is 27.3 Å². The highest BCUT2D eigenvalue weighted by Gasteiger charge is 2.00. The molecule has 0 radical (unpaired) electrons. The maximum Gasteiger partial charge on any atom is 0.0494 e. The molecule has 0 unspecified atom stereocenters. The summed E-state index contributed by atoms with van der Waals surface area (Å²) >= 11 is 5.41. The van der Waals surface area contributed by atoms with Crippen LogP contribution < -0.4 is 5.32 Å². The van der Waals surface area contributed by atoms with Crippen LogP contribution in [0.4, 0.5) is 5.69 Å². The van der Waals surface area contributed by atoms with Gasteiger partial charge < -0.3 is 5.32 Å². The zero-order valence-corrected chi connectivity index (χ0v) is 11.6. The predicted molar refractivity (Wildman–Crippen MR) is 75.2 cm³/mol. The maximum atomic E-state index is 3.53. The number of thiophene rings is 1. The molecule has 0 saturated carbocycles. The van der Waals surface area contributed by atoms with Crippen LogP contribution in [0.25, 0.3) is 0 Å². The molecule has 0 spiro atoms. The Morgan fingerprint density at radius 3 is 2.56 bits per heavy atom. The fourth-order valence-corrected chi connectivity index (χ4v) is 2.82. The smallest absolute Gasteiger partial charge is 0.0494 e. The summed E-state index contributed by atoms with van der Waals surface area (Å²) in [5.74, 6) is 0. The molecule has 0 aliphatic heterocycles. The number of anilines is 1. The number of benzene rings is 1. The second kappa shape index (κ2) is 5.51. The lowest BCUT2D eigenvalue weighted by molar-refractivity contribution is 1.19. The number of aryl methyl sites for hydroxylation is 1. The summed E-state index contributed by atoms with van der Waals surface area (Å²) in [6.07, 6.45) is 1.12. The number of nitrogens with one attached hydrogen (secondary N) is 1. The molecule has 3 heteroatoms. The minimum Gasteiger partial charge on any atom is -0.379 e. The number of rotatable bonds is 4. The highest BCUT2D eigenvalue weighted by Crippen LogP contribution is 2.23. The number of hydrogen-bond acceptors (Lipinski definition) is 2. The molecule has 1 aromatic heterocycles. The van der Waals surface area contributed by atoms with Crippen LogP contribution in [0.15, 0.2) is 40.9 Å². The van der Waals surface area contributed by atoms with Gasteiger partial charge in [-0.05, 0) is 46.6 Å². The highest BCUT2D eigenvalue weighted by atomic mass is 79.9. The predicted octanol–water partition coefficient (Wildman–Crippen LogP) is 4.69. The van der Waals surface area contributed by atoms with E-state index in [1.54, 1.807) is 0 Å². The van der Waals surface area contributed by atoms with Crippen molar-refractivity contribution in [3.8, 4) is 0 Å². The van der Waals surface area contributed by atoms with Crippen molar-refractivity contribution in [3.05, 3.63) is 50.6 Å². The Morgan fingerprint density at radius 2 is 1.88 bits per heavy atom. The third-order valence-electron chi connectivity index (χ3n) is 2.39.